The molecule has 0 radical (unpaired) electrons. The third-order valence-corrected chi connectivity index (χ3v) is 1.28. The second-order valence-corrected chi connectivity index (χ2v) is 2.07. The molecule has 0 aliphatic rings. The van der Waals surface area contributed by atoms with Crippen LogP contribution in [0.3, 0.4) is 0 Å². The van der Waals surface area contributed by atoms with Crippen LogP contribution in [-0.4, -0.2) is 4.92 Å². The second kappa shape index (κ2) is 3.49. The molecule has 0 amide bonds. The lowest BCUT2D eigenvalue weighted by Gasteiger charge is -1.96. The first-order valence-electron chi connectivity index (χ1n) is 3.15. The first kappa shape index (κ1) is 8.93. The Balaban J connectivity index is 3.12. The van der Waals surface area contributed by atoms with Gasteiger partial charge in [-0.25, -0.2) is 4.39 Å². The Labute approximate surface area is 72.1 Å². The van der Waals surface area contributed by atoms with Crippen LogP contribution >= 0.6 is 0 Å². The van der Waals surface area contributed by atoms with Crippen LogP contribution in [0.5, 0.6) is 5.75 Å². The van der Waals surface area contributed by atoms with Gasteiger partial charge < -0.3 is 4.74 Å². The maximum atomic E-state index is 12.7. The summed E-state index contributed by atoms with van der Waals surface area (Å²) in [7, 11) is 0. The third kappa shape index (κ3) is 1.90. The van der Waals surface area contributed by atoms with E-state index in [1.54, 1.807) is 0 Å². The Hall–Kier alpha value is -2.16. The summed E-state index contributed by atoms with van der Waals surface area (Å²) < 4.78 is 16.9. The maximum absolute atomic E-state index is 12.7. The standard InChI is InChI=1S/C7H3FN2O3/c8-6-2-1-5(10(11)12)3-7(6)13-4-9/h1-3H. The third-order valence-electron chi connectivity index (χ3n) is 1.28. The predicted octanol–water partition coefficient (Wildman–Crippen LogP) is 1.59. The number of hydrogen-bond acceptors (Lipinski definition) is 4. The van der Waals surface area contributed by atoms with E-state index < -0.39 is 16.5 Å². The lowest BCUT2D eigenvalue weighted by atomic mass is 10.3. The number of nitro benzene ring substituents is 1. The quantitative estimate of drug-likeness (QED) is 0.395. The molecule has 0 fully saturated rings. The number of nitriles is 1. The molecular weight excluding hydrogens is 179 g/mol. The number of halogens is 1. The Morgan fingerprint density at radius 1 is 1.62 bits per heavy atom. The van der Waals surface area contributed by atoms with Crippen molar-refractivity contribution in [2.75, 3.05) is 0 Å². The van der Waals surface area contributed by atoms with Gasteiger partial charge in [0.2, 0.25) is 0 Å². The number of nitro groups is 1. The molecule has 0 unspecified atom stereocenters. The minimum atomic E-state index is -0.813. The molecule has 0 saturated carbocycles. The lowest BCUT2D eigenvalue weighted by Crippen LogP contribution is -1.91. The summed E-state index contributed by atoms with van der Waals surface area (Å²) in [6.45, 7) is 0. The van der Waals surface area contributed by atoms with E-state index in [1.807, 2.05) is 0 Å². The molecule has 6 heteroatoms. The van der Waals surface area contributed by atoms with Crippen molar-refractivity contribution in [3.05, 3.63) is 34.1 Å². The monoisotopic (exact) mass is 182 g/mol. The van der Waals surface area contributed by atoms with E-state index in [2.05, 4.69) is 4.74 Å². The highest BCUT2D eigenvalue weighted by Gasteiger charge is 2.11. The Kier molecular flexibility index (Phi) is 2.40. The van der Waals surface area contributed by atoms with E-state index >= 15 is 0 Å². The smallest absolute Gasteiger partial charge is 0.292 e. The molecule has 13 heavy (non-hydrogen) atoms. The second-order valence-electron chi connectivity index (χ2n) is 2.07. The zero-order chi connectivity index (χ0) is 9.84. The molecule has 0 aromatic heterocycles. The van der Waals surface area contributed by atoms with E-state index in [0.29, 0.717) is 0 Å². The zero-order valence-corrected chi connectivity index (χ0v) is 6.23. The van der Waals surface area contributed by atoms with Crippen molar-refractivity contribution in [3.63, 3.8) is 0 Å². The Morgan fingerprint density at radius 2 is 2.31 bits per heavy atom. The topological polar surface area (TPSA) is 76.2 Å². The lowest BCUT2D eigenvalue weighted by molar-refractivity contribution is -0.385. The molecule has 0 aliphatic carbocycles. The molecular formula is C7H3FN2O3. The summed E-state index contributed by atoms with van der Waals surface area (Å²) in [6, 6.07) is 2.70. The number of hydrogen-bond donors (Lipinski definition) is 0. The van der Waals surface area contributed by atoms with Gasteiger partial charge in [-0.3, -0.25) is 10.1 Å². The van der Waals surface area contributed by atoms with Gasteiger partial charge in [-0.1, -0.05) is 0 Å². The van der Waals surface area contributed by atoms with E-state index in [0.717, 1.165) is 18.2 Å². The summed E-state index contributed by atoms with van der Waals surface area (Å²) in [5, 5.41) is 18.3. The number of ether oxygens (including phenoxy) is 1. The van der Waals surface area contributed by atoms with Crippen LogP contribution < -0.4 is 4.74 Å². The minimum absolute atomic E-state index is 0.327. The van der Waals surface area contributed by atoms with E-state index in [4.69, 9.17) is 5.26 Å². The highest BCUT2D eigenvalue weighted by molar-refractivity contribution is 5.39. The van der Waals surface area contributed by atoms with E-state index in [1.165, 1.54) is 6.26 Å². The van der Waals surface area contributed by atoms with Gasteiger partial charge in [0.25, 0.3) is 11.9 Å². The van der Waals surface area contributed by atoms with Gasteiger partial charge in [-0.05, 0) is 6.07 Å². The number of benzene rings is 1. The molecule has 1 aromatic rings. The van der Waals surface area contributed by atoms with Crippen LogP contribution in [0, 0.1) is 27.4 Å². The van der Waals surface area contributed by atoms with Gasteiger partial charge in [-0.2, -0.15) is 0 Å². The molecule has 66 valence electrons. The summed E-state index contributed by atoms with van der Waals surface area (Å²) in [5.41, 5.74) is -0.327. The van der Waals surface area contributed by atoms with Gasteiger partial charge in [0, 0.05) is 6.07 Å². The molecule has 5 nitrogen and oxygen atoms in total. The Morgan fingerprint density at radius 3 is 2.85 bits per heavy atom. The number of rotatable bonds is 2. The summed E-state index contributed by atoms with van der Waals surface area (Å²) in [5.74, 6) is -1.26. The Bertz CT molecular complexity index is 386. The molecule has 0 atom stereocenters. The van der Waals surface area contributed by atoms with E-state index in [-0.39, 0.29) is 5.69 Å². The van der Waals surface area contributed by atoms with Crippen molar-refractivity contribution in [1.82, 2.24) is 0 Å². The zero-order valence-electron chi connectivity index (χ0n) is 6.23. The largest absolute Gasteiger partial charge is 0.385 e. The highest BCUT2D eigenvalue weighted by Crippen LogP contribution is 2.22. The summed E-state index contributed by atoms with van der Waals surface area (Å²) in [4.78, 5) is 9.51. The number of non-ortho nitro benzene ring substituents is 1. The van der Waals surface area contributed by atoms with Crippen molar-refractivity contribution < 1.29 is 14.1 Å². The van der Waals surface area contributed by atoms with Crippen molar-refractivity contribution in [2.45, 2.75) is 0 Å². The van der Waals surface area contributed by atoms with Gasteiger partial charge >= 0.3 is 0 Å². The average molecular weight is 182 g/mol. The van der Waals surface area contributed by atoms with Gasteiger partial charge in [0.15, 0.2) is 11.6 Å². The summed E-state index contributed by atoms with van der Waals surface area (Å²) in [6.07, 6.45) is 1.23. The van der Waals surface area contributed by atoms with Crippen LogP contribution in [0.15, 0.2) is 18.2 Å². The highest BCUT2D eigenvalue weighted by atomic mass is 19.1. The van der Waals surface area contributed by atoms with Crippen molar-refractivity contribution in [2.24, 2.45) is 0 Å². The molecule has 0 N–H and O–H groups in total. The normalized spacial score (nSPS) is 8.92. The van der Waals surface area contributed by atoms with Crippen LogP contribution in [-0.2, 0) is 0 Å². The molecule has 0 bridgehead atoms. The molecule has 0 heterocycles. The van der Waals surface area contributed by atoms with Crippen molar-refractivity contribution in [1.29, 1.82) is 5.26 Å². The van der Waals surface area contributed by atoms with Gasteiger partial charge in [0.1, 0.15) is 0 Å². The van der Waals surface area contributed by atoms with Crippen LogP contribution in [0.25, 0.3) is 0 Å². The first-order chi connectivity index (χ1) is 6.15. The first-order valence-corrected chi connectivity index (χ1v) is 3.15. The van der Waals surface area contributed by atoms with Crippen LogP contribution in [0.2, 0.25) is 0 Å². The average Bonchev–Trinajstić information content (AvgIpc) is 2.08. The summed E-state index contributed by atoms with van der Waals surface area (Å²) >= 11 is 0. The van der Waals surface area contributed by atoms with Crippen LogP contribution in [0.1, 0.15) is 0 Å². The van der Waals surface area contributed by atoms with Crippen molar-refractivity contribution in [3.8, 4) is 12.0 Å². The van der Waals surface area contributed by atoms with Gasteiger partial charge in [-0.15, -0.1) is 5.26 Å². The molecule has 1 aromatic carbocycles. The fourth-order valence-corrected chi connectivity index (χ4v) is 0.733. The predicted molar refractivity (Wildman–Crippen MR) is 39.3 cm³/mol. The maximum Gasteiger partial charge on any atom is 0.292 e. The molecule has 0 spiro atoms. The fourth-order valence-electron chi connectivity index (χ4n) is 0.733. The molecule has 1 rings (SSSR count). The van der Waals surface area contributed by atoms with Crippen molar-refractivity contribution >= 4 is 5.69 Å². The molecule has 0 aliphatic heterocycles. The minimum Gasteiger partial charge on any atom is -0.385 e. The fraction of sp³-hybridized carbons (Fsp3) is 0. The van der Waals surface area contributed by atoms with Gasteiger partial charge in [0.05, 0.1) is 11.0 Å². The molecule has 0 saturated heterocycles. The number of nitrogens with zero attached hydrogens (tertiary/aromatic N) is 2. The van der Waals surface area contributed by atoms with Crippen LogP contribution in [0.4, 0.5) is 10.1 Å². The SMILES string of the molecule is N#COc1cc([N+](=O)[O-])ccc1F. The van der Waals surface area contributed by atoms with E-state index in [9.17, 15) is 14.5 Å².